The van der Waals surface area contributed by atoms with E-state index in [2.05, 4.69) is 16.3 Å². The van der Waals surface area contributed by atoms with Crippen molar-refractivity contribution in [1.82, 2.24) is 5.32 Å². The molecular formula is C13H14N4O. The van der Waals surface area contributed by atoms with Gasteiger partial charge in [-0.15, -0.1) is 0 Å². The summed E-state index contributed by atoms with van der Waals surface area (Å²) in [4.78, 5) is 16.1. The summed E-state index contributed by atoms with van der Waals surface area (Å²) in [6.07, 6.45) is 0. The Kier molecular flexibility index (Phi) is 2.46. The van der Waals surface area contributed by atoms with Crippen LogP contribution in [0.15, 0.2) is 18.2 Å². The Morgan fingerprint density at radius 2 is 2.28 bits per heavy atom. The molecule has 2 heterocycles. The van der Waals surface area contributed by atoms with E-state index in [9.17, 15) is 4.79 Å². The zero-order chi connectivity index (χ0) is 12.7. The molecule has 0 radical (unpaired) electrons. The highest BCUT2D eigenvalue weighted by molar-refractivity contribution is 6.05. The molecule has 0 spiro atoms. The second-order valence-electron chi connectivity index (χ2n) is 4.63. The van der Waals surface area contributed by atoms with Crippen molar-refractivity contribution in [1.29, 1.82) is 5.26 Å². The van der Waals surface area contributed by atoms with Crippen molar-refractivity contribution in [2.24, 2.45) is 0 Å². The molecule has 2 aliphatic heterocycles. The number of rotatable bonds is 0. The maximum atomic E-state index is 12.3. The smallest absolute Gasteiger partial charge is 0.250 e. The molecule has 1 amide bonds. The molecule has 92 valence electrons. The highest BCUT2D eigenvalue weighted by atomic mass is 16.2. The summed E-state index contributed by atoms with van der Waals surface area (Å²) in [6, 6.07) is 7.52. The number of nitrogens with zero attached hydrogens (tertiary/aromatic N) is 3. The highest BCUT2D eigenvalue weighted by Crippen LogP contribution is 2.36. The van der Waals surface area contributed by atoms with E-state index >= 15 is 0 Å². The number of carbonyl (C=O) groups is 1. The molecule has 2 aliphatic rings. The number of anilines is 2. The van der Waals surface area contributed by atoms with Gasteiger partial charge in [0, 0.05) is 26.7 Å². The molecule has 3 rings (SSSR count). The van der Waals surface area contributed by atoms with Gasteiger partial charge in [0.2, 0.25) is 0 Å². The average Bonchev–Trinajstić information content (AvgIpc) is 2.44. The lowest BCUT2D eigenvalue weighted by Crippen LogP contribution is -2.61. The van der Waals surface area contributed by atoms with E-state index in [1.54, 1.807) is 18.0 Å². The lowest BCUT2D eigenvalue weighted by atomic mass is 10.0. The third-order valence-electron chi connectivity index (χ3n) is 3.63. The van der Waals surface area contributed by atoms with Crippen molar-refractivity contribution in [2.75, 3.05) is 36.5 Å². The van der Waals surface area contributed by atoms with Gasteiger partial charge in [0.1, 0.15) is 6.04 Å². The summed E-state index contributed by atoms with van der Waals surface area (Å²) in [5, 5.41) is 12.2. The Labute approximate surface area is 106 Å². The van der Waals surface area contributed by atoms with Crippen LogP contribution in [0.1, 0.15) is 5.56 Å². The van der Waals surface area contributed by atoms with Gasteiger partial charge in [0.15, 0.2) is 0 Å². The first-order valence-electron chi connectivity index (χ1n) is 6.01. The molecule has 0 saturated carbocycles. The lowest BCUT2D eigenvalue weighted by molar-refractivity contribution is -0.120. The second kappa shape index (κ2) is 4.00. The zero-order valence-corrected chi connectivity index (χ0v) is 10.2. The van der Waals surface area contributed by atoms with Crippen LogP contribution in [0, 0.1) is 11.3 Å². The van der Waals surface area contributed by atoms with Crippen LogP contribution in [0.3, 0.4) is 0 Å². The minimum Gasteiger partial charge on any atom is -0.355 e. The maximum Gasteiger partial charge on any atom is 0.250 e. The number of carbonyl (C=O) groups excluding carboxylic acids is 1. The fourth-order valence-corrected chi connectivity index (χ4v) is 2.66. The number of hydrogen-bond donors (Lipinski definition) is 1. The number of benzene rings is 1. The van der Waals surface area contributed by atoms with E-state index in [0.29, 0.717) is 12.1 Å². The number of likely N-dealkylation sites (N-methyl/N-ethyl adjacent to an activating group) is 1. The monoisotopic (exact) mass is 242 g/mol. The van der Waals surface area contributed by atoms with Crippen LogP contribution in [0.25, 0.3) is 0 Å². The van der Waals surface area contributed by atoms with Crippen molar-refractivity contribution in [3.63, 3.8) is 0 Å². The van der Waals surface area contributed by atoms with Crippen molar-refractivity contribution in [2.45, 2.75) is 6.04 Å². The third-order valence-corrected chi connectivity index (χ3v) is 3.63. The predicted octanol–water partition coefficient (Wildman–Crippen LogP) is 0.313. The molecule has 5 heteroatoms. The molecule has 1 N–H and O–H groups in total. The van der Waals surface area contributed by atoms with E-state index in [1.807, 2.05) is 12.1 Å². The van der Waals surface area contributed by atoms with Crippen LogP contribution >= 0.6 is 0 Å². The standard InChI is InChI=1S/C13H14N4O/c1-16-11-6-9(7-14)2-3-10(11)17-5-4-15-8-12(17)13(16)18/h2-3,6,12,15H,4-5,8H2,1H3. The van der Waals surface area contributed by atoms with Gasteiger partial charge < -0.3 is 15.1 Å². The molecule has 0 bridgehead atoms. The largest absolute Gasteiger partial charge is 0.355 e. The fourth-order valence-electron chi connectivity index (χ4n) is 2.66. The topological polar surface area (TPSA) is 59.4 Å². The molecule has 1 aromatic rings. The summed E-state index contributed by atoms with van der Waals surface area (Å²) in [6.45, 7) is 2.39. The Bertz CT molecular complexity index is 548. The maximum absolute atomic E-state index is 12.3. The van der Waals surface area contributed by atoms with E-state index in [0.717, 1.165) is 24.5 Å². The molecule has 1 saturated heterocycles. The van der Waals surface area contributed by atoms with E-state index in [1.165, 1.54) is 0 Å². The Hall–Kier alpha value is -2.06. The van der Waals surface area contributed by atoms with Gasteiger partial charge in [-0.05, 0) is 18.2 Å². The van der Waals surface area contributed by atoms with E-state index < -0.39 is 0 Å². The number of piperazine rings is 1. The van der Waals surface area contributed by atoms with Crippen LogP contribution in [-0.4, -0.2) is 38.6 Å². The molecule has 1 atom stereocenters. The molecule has 1 aromatic carbocycles. The number of fused-ring (bicyclic) bond motifs is 3. The summed E-state index contributed by atoms with van der Waals surface area (Å²) < 4.78 is 0. The Morgan fingerprint density at radius 3 is 3.06 bits per heavy atom. The number of amides is 1. The number of hydrogen-bond acceptors (Lipinski definition) is 4. The molecule has 1 fully saturated rings. The molecular weight excluding hydrogens is 228 g/mol. The number of nitrogens with one attached hydrogen (secondary N) is 1. The first kappa shape index (κ1) is 11.1. The molecule has 0 aromatic heterocycles. The normalized spacial score (nSPS) is 22.2. The van der Waals surface area contributed by atoms with Crippen molar-refractivity contribution in [3.05, 3.63) is 23.8 Å². The average molecular weight is 242 g/mol. The SMILES string of the molecule is CN1C(=O)C2CNCCN2c2ccc(C#N)cc21. The second-order valence-corrected chi connectivity index (χ2v) is 4.63. The minimum absolute atomic E-state index is 0.0878. The van der Waals surface area contributed by atoms with Crippen LogP contribution < -0.4 is 15.1 Å². The van der Waals surface area contributed by atoms with Crippen LogP contribution in [0.5, 0.6) is 0 Å². The van der Waals surface area contributed by atoms with Gasteiger partial charge >= 0.3 is 0 Å². The summed E-state index contributed by atoms with van der Waals surface area (Å²) in [5.74, 6) is 0.0878. The van der Waals surface area contributed by atoms with Crippen molar-refractivity contribution in [3.8, 4) is 6.07 Å². The van der Waals surface area contributed by atoms with Gasteiger partial charge in [-0.25, -0.2) is 0 Å². The van der Waals surface area contributed by atoms with Crippen LogP contribution in [-0.2, 0) is 4.79 Å². The zero-order valence-electron chi connectivity index (χ0n) is 10.2. The summed E-state index contributed by atoms with van der Waals surface area (Å²) in [5.41, 5.74) is 2.46. The number of nitriles is 1. The molecule has 1 unspecified atom stereocenters. The summed E-state index contributed by atoms with van der Waals surface area (Å²) in [7, 11) is 1.77. The van der Waals surface area contributed by atoms with Crippen molar-refractivity contribution >= 4 is 17.3 Å². The van der Waals surface area contributed by atoms with Crippen LogP contribution in [0.2, 0.25) is 0 Å². The first-order chi connectivity index (χ1) is 8.72. The van der Waals surface area contributed by atoms with E-state index in [4.69, 9.17) is 5.26 Å². The van der Waals surface area contributed by atoms with Gasteiger partial charge in [0.25, 0.3) is 5.91 Å². The predicted molar refractivity (Wildman–Crippen MR) is 68.6 cm³/mol. The quantitative estimate of drug-likeness (QED) is 0.711. The van der Waals surface area contributed by atoms with Gasteiger partial charge in [-0.1, -0.05) is 0 Å². The lowest BCUT2D eigenvalue weighted by Gasteiger charge is -2.44. The molecule has 18 heavy (non-hydrogen) atoms. The molecule has 5 nitrogen and oxygen atoms in total. The van der Waals surface area contributed by atoms with Crippen molar-refractivity contribution < 1.29 is 4.79 Å². The third kappa shape index (κ3) is 1.46. The minimum atomic E-state index is -0.121. The molecule has 0 aliphatic carbocycles. The van der Waals surface area contributed by atoms with Gasteiger partial charge in [0.05, 0.1) is 23.0 Å². The Morgan fingerprint density at radius 1 is 1.44 bits per heavy atom. The fraction of sp³-hybridized carbons (Fsp3) is 0.385. The van der Waals surface area contributed by atoms with E-state index in [-0.39, 0.29) is 11.9 Å². The van der Waals surface area contributed by atoms with Gasteiger partial charge in [-0.2, -0.15) is 5.26 Å². The Balaban J connectivity index is 2.12. The summed E-state index contributed by atoms with van der Waals surface area (Å²) >= 11 is 0. The van der Waals surface area contributed by atoms with Crippen LogP contribution in [0.4, 0.5) is 11.4 Å². The highest BCUT2D eigenvalue weighted by Gasteiger charge is 2.37. The first-order valence-corrected chi connectivity index (χ1v) is 6.01. The van der Waals surface area contributed by atoms with Gasteiger partial charge in [-0.3, -0.25) is 4.79 Å².